The molecular formula is C15H17N3OS2. The summed E-state index contributed by atoms with van der Waals surface area (Å²) in [6, 6.07) is 10.1. The number of nitrogens with zero attached hydrogens (tertiary/aromatic N) is 3. The number of carbonyl (C=O) groups excluding carboxylic acids is 1. The second-order valence-corrected chi connectivity index (χ2v) is 6.95. The summed E-state index contributed by atoms with van der Waals surface area (Å²) in [5, 5.41) is 8.85. The molecule has 0 bridgehead atoms. The maximum atomic E-state index is 12.2. The van der Waals surface area contributed by atoms with Gasteiger partial charge in [-0.1, -0.05) is 23.9 Å². The Labute approximate surface area is 132 Å². The molecule has 1 atom stereocenters. The van der Waals surface area contributed by atoms with E-state index in [1.54, 1.807) is 16.2 Å². The van der Waals surface area contributed by atoms with Crippen molar-refractivity contribution in [2.45, 2.75) is 18.2 Å². The Morgan fingerprint density at radius 2 is 2.29 bits per heavy atom. The number of rotatable bonds is 6. The topological polar surface area (TPSA) is 57.0 Å². The number of hydrogen-bond acceptors (Lipinski definition) is 5. The van der Waals surface area contributed by atoms with Gasteiger partial charge in [0, 0.05) is 13.1 Å². The Morgan fingerprint density at radius 3 is 2.95 bits per heavy atom. The summed E-state index contributed by atoms with van der Waals surface area (Å²) in [5.74, 6) is 0.288. The molecule has 0 fully saturated rings. The van der Waals surface area contributed by atoms with Crippen LogP contribution in [0, 0.1) is 17.2 Å². The van der Waals surface area contributed by atoms with Gasteiger partial charge < -0.3 is 4.90 Å². The van der Waals surface area contributed by atoms with E-state index < -0.39 is 0 Å². The van der Waals surface area contributed by atoms with Crippen molar-refractivity contribution in [3.63, 3.8) is 0 Å². The highest BCUT2D eigenvalue weighted by molar-refractivity contribution is 8.01. The summed E-state index contributed by atoms with van der Waals surface area (Å²) in [7, 11) is 0. The zero-order valence-electron chi connectivity index (χ0n) is 12.1. The normalized spacial score (nSPS) is 12.0. The molecule has 21 heavy (non-hydrogen) atoms. The Balaban J connectivity index is 1.95. The van der Waals surface area contributed by atoms with Crippen molar-refractivity contribution in [2.75, 3.05) is 18.8 Å². The number of thioether (sulfide) groups is 1. The van der Waals surface area contributed by atoms with Gasteiger partial charge in [0.05, 0.1) is 28.0 Å². The second-order valence-electron chi connectivity index (χ2n) is 4.70. The molecule has 1 amide bonds. The number of hydrogen-bond donors (Lipinski definition) is 0. The molecule has 0 N–H and O–H groups in total. The van der Waals surface area contributed by atoms with Gasteiger partial charge >= 0.3 is 0 Å². The summed E-state index contributed by atoms with van der Waals surface area (Å²) in [5.41, 5.74) is 0.975. The van der Waals surface area contributed by atoms with Gasteiger partial charge in [0.15, 0.2) is 4.34 Å². The molecular weight excluding hydrogens is 302 g/mol. The third-order valence-corrected chi connectivity index (χ3v) is 5.21. The number of thiazole rings is 1. The minimum Gasteiger partial charge on any atom is -0.341 e. The highest BCUT2D eigenvalue weighted by Crippen LogP contribution is 2.29. The first-order valence-electron chi connectivity index (χ1n) is 6.79. The van der Waals surface area contributed by atoms with Crippen molar-refractivity contribution < 1.29 is 4.79 Å². The molecule has 1 aromatic carbocycles. The Bertz CT molecular complexity index is 629. The quantitative estimate of drug-likeness (QED) is 0.766. The number of nitriles is 1. The van der Waals surface area contributed by atoms with E-state index in [0.717, 1.165) is 14.6 Å². The van der Waals surface area contributed by atoms with Crippen LogP contribution >= 0.6 is 23.1 Å². The van der Waals surface area contributed by atoms with E-state index in [9.17, 15) is 4.79 Å². The first-order chi connectivity index (χ1) is 10.1. The number of fused-ring (bicyclic) bond motifs is 1. The van der Waals surface area contributed by atoms with E-state index in [0.29, 0.717) is 18.8 Å². The van der Waals surface area contributed by atoms with Crippen molar-refractivity contribution in [1.29, 1.82) is 5.26 Å². The molecule has 0 saturated heterocycles. The van der Waals surface area contributed by atoms with Crippen molar-refractivity contribution in [3.05, 3.63) is 24.3 Å². The van der Waals surface area contributed by atoms with Crippen LogP contribution in [-0.4, -0.2) is 34.6 Å². The van der Waals surface area contributed by atoms with Gasteiger partial charge in [-0.25, -0.2) is 4.98 Å². The number of carbonyl (C=O) groups is 1. The fraction of sp³-hybridized carbons (Fsp3) is 0.400. The lowest BCUT2D eigenvalue weighted by molar-refractivity contribution is -0.128. The maximum absolute atomic E-state index is 12.2. The Morgan fingerprint density at radius 1 is 1.52 bits per heavy atom. The lowest BCUT2D eigenvalue weighted by Gasteiger charge is -2.21. The summed E-state index contributed by atoms with van der Waals surface area (Å²) < 4.78 is 2.05. The van der Waals surface area contributed by atoms with E-state index in [2.05, 4.69) is 11.1 Å². The van der Waals surface area contributed by atoms with Gasteiger partial charge in [-0.05, 0) is 26.0 Å². The molecule has 1 unspecified atom stereocenters. The van der Waals surface area contributed by atoms with Crippen LogP contribution in [0.25, 0.3) is 10.2 Å². The summed E-state index contributed by atoms with van der Waals surface area (Å²) in [6.07, 6.45) is 0. The van der Waals surface area contributed by atoms with Gasteiger partial charge in [-0.2, -0.15) is 5.26 Å². The van der Waals surface area contributed by atoms with Gasteiger partial charge in [0.2, 0.25) is 5.91 Å². The predicted octanol–water partition coefficient (Wildman–Crippen LogP) is 3.40. The second kappa shape index (κ2) is 7.43. The van der Waals surface area contributed by atoms with Crippen molar-refractivity contribution in [1.82, 2.24) is 9.88 Å². The lowest BCUT2D eigenvalue weighted by atomic mass is 10.2. The minimum atomic E-state index is -0.138. The summed E-state index contributed by atoms with van der Waals surface area (Å²) in [6.45, 7) is 4.89. The van der Waals surface area contributed by atoms with E-state index >= 15 is 0 Å². The van der Waals surface area contributed by atoms with Crippen LogP contribution in [0.1, 0.15) is 13.8 Å². The van der Waals surface area contributed by atoms with Crippen LogP contribution < -0.4 is 0 Å². The molecule has 0 saturated carbocycles. The zero-order valence-corrected chi connectivity index (χ0v) is 13.7. The van der Waals surface area contributed by atoms with Crippen LogP contribution in [0.15, 0.2) is 28.6 Å². The maximum Gasteiger partial charge on any atom is 0.233 e. The molecule has 1 heterocycles. The van der Waals surface area contributed by atoms with Crippen LogP contribution in [0.4, 0.5) is 0 Å². The highest BCUT2D eigenvalue weighted by atomic mass is 32.2. The molecule has 110 valence electrons. The third-order valence-electron chi connectivity index (χ3n) is 3.04. The lowest BCUT2D eigenvalue weighted by Crippen LogP contribution is -2.35. The first-order valence-corrected chi connectivity index (χ1v) is 8.60. The highest BCUT2D eigenvalue weighted by Gasteiger charge is 2.15. The van der Waals surface area contributed by atoms with Gasteiger partial charge in [0.25, 0.3) is 0 Å². The minimum absolute atomic E-state index is 0.0591. The fourth-order valence-corrected chi connectivity index (χ4v) is 3.88. The van der Waals surface area contributed by atoms with Crippen LogP contribution in [0.5, 0.6) is 0 Å². The number of benzene rings is 1. The molecule has 0 spiro atoms. The van der Waals surface area contributed by atoms with Gasteiger partial charge in [-0.15, -0.1) is 11.3 Å². The van der Waals surface area contributed by atoms with E-state index in [-0.39, 0.29) is 11.8 Å². The summed E-state index contributed by atoms with van der Waals surface area (Å²) in [4.78, 5) is 18.4. The number of aromatic nitrogens is 1. The van der Waals surface area contributed by atoms with E-state index in [1.165, 1.54) is 11.8 Å². The molecule has 2 rings (SSSR count). The first kappa shape index (κ1) is 15.8. The van der Waals surface area contributed by atoms with E-state index in [1.807, 2.05) is 38.1 Å². The standard InChI is InChI=1S/C15H17N3OS2/c1-3-18(9-11(2)8-16)14(19)10-20-15-17-12-6-4-5-7-13(12)21-15/h4-7,11H,3,9-10H2,1-2H3. The molecule has 6 heteroatoms. The number of amides is 1. The van der Waals surface area contributed by atoms with Crippen molar-refractivity contribution >= 4 is 39.2 Å². The predicted molar refractivity (Wildman–Crippen MR) is 87.4 cm³/mol. The molecule has 0 aliphatic carbocycles. The average Bonchev–Trinajstić information content (AvgIpc) is 2.92. The smallest absolute Gasteiger partial charge is 0.233 e. The molecule has 0 aliphatic heterocycles. The molecule has 1 aromatic heterocycles. The monoisotopic (exact) mass is 319 g/mol. The van der Waals surface area contributed by atoms with Crippen LogP contribution in [-0.2, 0) is 4.79 Å². The molecule has 4 nitrogen and oxygen atoms in total. The molecule has 0 aliphatic rings. The fourth-order valence-electron chi connectivity index (χ4n) is 1.91. The average molecular weight is 319 g/mol. The summed E-state index contributed by atoms with van der Waals surface area (Å²) >= 11 is 3.07. The molecule has 0 radical (unpaired) electrons. The SMILES string of the molecule is CCN(CC(C)C#N)C(=O)CSc1nc2ccccc2s1. The molecule has 2 aromatic rings. The van der Waals surface area contributed by atoms with Crippen LogP contribution in [0.3, 0.4) is 0 Å². The van der Waals surface area contributed by atoms with Crippen molar-refractivity contribution in [2.24, 2.45) is 5.92 Å². The van der Waals surface area contributed by atoms with Gasteiger partial charge in [-0.3, -0.25) is 4.79 Å². The number of para-hydroxylation sites is 1. The van der Waals surface area contributed by atoms with E-state index in [4.69, 9.17) is 5.26 Å². The Kier molecular flexibility index (Phi) is 5.59. The largest absolute Gasteiger partial charge is 0.341 e. The van der Waals surface area contributed by atoms with Crippen molar-refractivity contribution in [3.8, 4) is 6.07 Å². The third kappa shape index (κ3) is 4.19. The Hall–Kier alpha value is -1.58. The van der Waals surface area contributed by atoms with Gasteiger partial charge in [0.1, 0.15) is 0 Å². The van der Waals surface area contributed by atoms with Crippen LogP contribution in [0.2, 0.25) is 0 Å². The zero-order chi connectivity index (χ0) is 15.2.